The Morgan fingerprint density at radius 1 is 1.18 bits per heavy atom. The first kappa shape index (κ1) is 21.4. The van der Waals surface area contributed by atoms with E-state index in [4.69, 9.17) is 9.47 Å². The van der Waals surface area contributed by atoms with Crippen molar-refractivity contribution in [3.63, 3.8) is 0 Å². The molecule has 6 fully saturated rings. The van der Waals surface area contributed by atoms with Crippen LogP contribution in [0.1, 0.15) is 80.6 Å². The SMILES string of the molecule is CC1O[C@H](C)[C@@H](C(=O)O)N1C(=O)c1cc(C2CC2)c(OCC23CC4CC(C2)C(C4)C3)cc1F. The van der Waals surface area contributed by atoms with Crippen LogP contribution in [0, 0.1) is 29.0 Å². The molecular weight excluding hydrogens is 425 g/mol. The standard InChI is InChI=1S/C26H32FNO5/c1-13-23(25(30)31)28(14(2)33-13)24(29)20-7-19(16-3-4-16)22(8-21(20)27)32-12-26-9-15-5-17(10-26)18(6-15)11-26/h7-8,13-18,23H,3-6,9-12H2,1-2H3,(H,30,31)/t13-,14?,15?,17?,18?,23+,26?/m1/s1. The Morgan fingerprint density at radius 2 is 1.88 bits per heavy atom. The minimum absolute atomic E-state index is 0.0990. The van der Waals surface area contributed by atoms with Crippen LogP contribution in [0.4, 0.5) is 4.39 Å². The predicted octanol–water partition coefficient (Wildman–Crippen LogP) is 4.57. The molecule has 0 aromatic heterocycles. The summed E-state index contributed by atoms with van der Waals surface area (Å²) < 4.78 is 27.2. The van der Waals surface area contributed by atoms with Crippen LogP contribution in [0.15, 0.2) is 12.1 Å². The molecule has 5 aliphatic carbocycles. The number of aliphatic carboxylic acids is 1. The summed E-state index contributed by atoms with van der Waals surface area (Å²) in [6.45, 7) is 3.86. The first-order valence-electron chi connectivity index (χ1n) is 12.4. The Morgan fingerprint density at radius 3 is 2.48 bits per heavy atom. The summed E-state index contributed by atoms with van der Waals surface area (Å²) in [7, 11) is 0. The van der Waals surface area contributed by atoms with Crippen molar-refractivity contribution in [1.29, 1.82) is 0 Å². The third kappa shape index (κ3) is 3.46. The van der Waals surface area contributed by atoms with Crippen LogP contribution >= 0.6 is 0 Å². The molecule has 1 heterocycles. The van der Waals surface area contributed by atoms with E-state index in [1.54, 1.807) is 19.9 Å². The average Bonchev–Trinajstić information content (AvgIpc) is 3.44. The number of carbonyl (C=O) groups is 2. The van der Waals surface area contributed by atoms with E-state index in [-0.39, 0.29) is 16.9 Å². The second kappa shape index (κ2) is 7.42. The van der Waals surface area contributed by atoms with Gasteiger partial charge in [0.2, 0.25) is 0 Å². The van der Waals surface area contributed by atoms with E-state index in [0.29, 0.717) is 12.4 Å². The lowest BCUT2D eigenvalue weighted by Gasteiger charge is -2.38. The Kier molecular flexibility index (Phi) is 4.81. The molecule has 7 rings (SSSR count). The summed E-state index contributed by atoms with van der Waals surface area (Å²) in [5.74, 6) is 0.892. The van der Waals surface area contributed by atoms with Gasteiger partial charge in [-0.1, -0.05) is 0 Å². The van der Waals surface area contributed by atoms with Gasteiger partial charge in [0.25, 0.3) is 5.91 Å². The molecule has 0 spiro atoms. The normalized spacial score (nSPS) is 38.8. The van der Waals surface area contributed by atoms with Gasteiger partial charge in [0.1, 0.15) is 17.8 Å². The van der Waals surface area contributed by atoms with E-state index in [1.165, 1.54) is 38.2 Å². The molecule has 4 bridgehead atoms. The maximum atomic E-state index is 15.3. The Bertz CT molecular complexity index is 987. The summed E-state index contributed by atoms with van der Waals surface area (Å²) in [5, 5.41) is 9.61. The van der Waals surface area contributed by atoms with Crippen LogP contribution in [-0.2, 0) is 9.53 Å². The molecule has 1 aromatic rings. The molecule has 6 nitrogen and oxygen atoms in total. The van der Waals surface area contributed by atoms with Crippen molar-refractivity contribution in [3.8, 4) is 5.75 Å². The molecule has 3 unspecified atom stereocenters. The molecule has 33 heavy (non-hydrogen) atoms. The van der Waals surface area contributed by atoms with Gasteiger partial charge in [-0.2, -0.15) is 0 Å². The van der Waals surface area contributed by atoms with Crippen molar-refractivity contribution in [3.05, 3.63) is 29.1 Å². The number of amides is 1. The van der Waals surface area contributed by atoms with Crippen LogP contribution in [0.3, 0.4) is 0 Å². The zero-order valence-electron chi connectivity index (χ0n) is 19.3. The Labute approximate surface area is 193 Å². The average molecular weight is 458 g/mol. The molecule has 1 N–H and O–H groups in total. The minimum Gasteiger partial charge on any atom is -0.493 e. The first-order valence-corrected chi connectivity index (χ1v) is 12.4. The van der Waals surface area contributed by atoms with E-state index in [2.05, 4.69) is 0 Å². The van der Waals surface area contributed by atoms with Gasteiger partial charge in [-0.15, -0.1) is 0 Å². The third-order valence-electron chi connectivity index (χ3n) is 8.97. The lowest BCUT2D eigenvalue weighted by Crippen LogP contribution is -2.47. The maximum absolute atomic E-state index is 15.3. The summed E-state index contributed by atoms with van der Waals surface area (Å²) in [4.78, 5) is 26.2. The van der Waals surface area contributed by atoms with E-state index in [1.807, 2.05) is 0 Å². The highest BCUT2D eigenvalue weighted by atomic mass is 19.1. The van der Waals surface area contributed by atoms with Crippen molar-refractivity contribution in [2.75, 3.05) is 6.61 Å². The number of hydrogen-bond acceptors (Lipinski definition) is 4. The summed E-state index contributed by atoms with van der Waals surface area (Å²) in [6.07, 6.45) is 7.02. The second-order valence-electron chi connectivity index (χ2n) is 11.3. The van der Waals surface area contributed by atoms with Gasteiger partial charge in [-0.25, -0.2) is 9.18 Å². The van der Waals surface area contributed by atoms with Crippen LogP contribution in [0.25, 0.3) is 0 Å². The lowest BCUT2D eigenvalue weighted by molar-refractivity contribution is -0.142. The largest absolute Gasteiger partial charge is 0.493 e. The smallest absolute Gasteiger partial charge is 0.329 e. The summed E-state index contributed by atoms with van der Waals surface area (Å²) in [6, 6.07) is 1.82. The topological polar surface area (TPSA) is 76.1 Å². The van der Waals surface area contributed by atoms with Crippen molar-refractivity contribution in [1.82, 2.24) is 4.90 Å². The van der Waals surface area contributed by atoms with Gasteiger partial charge in [-0.05, 0) is 94.1 Å². The second-order valence-corrected chi connectivity index (χ2v) is 11.3. The number of carboxylic acid groups (broad SMARTS) is 1. The van der Waals surface area contributed by atoms with Crippen molar-refractivity contribution < 1.29 is 28.6 Å². The van der Waals surface area contributed by atoms with Crippen molar-refractivity contribution in [2.24, 2.45) is 23.2 Å². The number of benzene rings is 1. The zero-order valence-corrected chi connectivity index (χ0v) is 19.3. The molecule has 0 radical (unpaired) electrons. The van der Waals surface area contributed by atoms with Crippen LogP contribution in [-0.4, -0.2) is 46.9 Å². The summed E-state index contributed by atoms with van der Waals surface area (Å²) >= 11 is 0. The molecule has 178 valence electrons. The van der Waals surface area contributed by atoms with E-state index < -0.39 is 36.1 Å². The summed E-state index contributed by atoms with van der Waals surface area (Å²) in [5.41, 5.74) is 1.01. The molecule has 1 aliphatic heterocycles. The van der Waals surface area contributed by atoms with Gasteiger partial charge in [-0.3, -0.25) is 9.69 Å². The number of hydrogen-bond donors (Lipinski definition) is 1. The number of nitrogens with zero attached hydrogens (tertiary/aromatic N) is 1. The molecule has 5 atom stereocenters. The van der Waals surface area contributed by atoms with Crippen molar-refractivity contribution >= 4 is 11.9 Å². The highest BCUT2D eigenvalue weighted by Crippen LogP contribution is 2.64. The highest BCUT2D eigenvalue weighted by Gasteiger charge is 2.56. The molecule has 1 saturated heterocycles. The van der Waals surface area contributed by atoms with Gasteiger partial charge < -0.3 is 14.6 Å². The van der Waals surface area contributed by atoms with Gasteiger partial charge >= 0.3 is 5.97 Å². The Hall–Kier alpha value is -2.15. The van der Waals surface area contributed by atoms with Crippen LogP contribution in [0.2, 0.25) is 0 Å². The fourth-order valence-corrected chi connectivity index (χ4v) is 7.61. The highest BCUT2D eigenvalue weighted by molar-refractivity contribution is 5.98. The maximum Gasteiger partial charge on any atom is 0.329 e. The number of carbonyl (C=O) groups excluding carboxylic acids is 1. The van der Waals surface area contributed by atoms with Gasteiger partial charge in [0.15, 0.2) is 6.04 Å². The zero-order chi connectivity index (χ0) is 23.1. The van der Waals surface area contributed by atoms with Crippen LogP contribution < -0.4 is 4.74 Å². The predicted molar refractivity (Wildman–Crippen MR) is 117 cm³/mol. The lowest BCUT2D eigenvalue weighted by atomic mass is 9.70. The van der Waals surface area contributed by atoms with Gasteiger partial charge in [0.05, 0.1) is 18.3 Å². The third-order valence-corrected chi connectivity index (χ3v) is 8.97. The van der Waals surface area contributed by atoms with E-state index in [9.17, 15) is 14.7 Å². The molecular formula is C26H32FNO5. The molecule has 1 aromatic carbocycles. The quantitative estimate of drug-likeness (QED) is 0.677. The number of ether oxygens (including phenoxy) is 2. The molecule has 1 amide bonds. The molecule has 6 aliphatic rings. The number of halogens is 1. The fraction of sp³-hybridized carbons (Fsp3) is 0.692. The Balaban J connectivity index is 1.26. The first-order chi connectivity index (χ1) is 15.7. The molecule has 5 saturated carbocycles. The van der Waals surface area contributed by atoms with Gasteiger partial charge in [0, 0.05) is 11.5 Å². The minimum atomic E-state index is -1.15. The van der Waals surface area contributed by atoms with E-state index >= 15 is 4.39 Å². The monoisotopic (exact) mass is 457 g/mol. The number of rotatable bonds is 6. The number of carboxylic acids is 1. The molecule has 7 heteroatoms. The van der Waals surface area contributed by atoms with E-state index in [0.717, 1.165) is 41.1 Å². The van der Waals surface area contributed by atoms with Crippen molar-refractivity contribution in [2.45, 2.75) is 83.1 Å². The van der Waals surface area contributed by atoms with Crippen LogP contribution in [0.5, 0.6) is 5.75 Å². The fourth-order valence-electron chi connectivity index (χ4n) is 7.61.